The highest BCUT2D eigenvalue weighted by Crippen LogP contribution is 2.42. The lowest BCUT2D eigenvalue weighted by Gasteiger charge is -2.53. The van der Waals surface area contributed by atoms with Gasteiger partial charge in [-0.25, -0.2) is 0 Å². The second-order valence-corrected chi connectivity index (χ2v) is 14.7. The largest absolute Gasteiger partial charge is 0.456 e. The van der Waals surface area contributed by atoms with Gasteiger partial charge < -0.3 is 47.4 Å². The van der Waals surface area contributed by atoms with E-state index in [4.69, 9.17) is 47.4 Å². The van der Waals surface area contributed by atoms with Gasteiger partial charge in [-0.2, -0.15) is 0 Å². The Labute approximate surface area is 356 Å². The summed E-state index contributed by atoms with van der Waals surface area (Å²) in [5, 5.41) is 0. The Morgan fingerprint density at radius 3 is 1.62 bits per heavy atom. The molecule has 0 saturated carbocycles. The lowest BCUT2D eigenvalue weighted by molar-refractivity contribution is -0.383. The van der Waals surface area contributed by atoms with Gasteiger partial charge in [-0.05, 0) is 35.7 Å². The third-order valence-electron chi connectivity index (χ3n) is 10.1. The van der Waals surface area contributed by atoms with Crippen molar-refractivity contribution < 1.29 is 61.8 Å². The van der Waals surface area contributed by atoms with E-state index in [1.807, 2.05) is 121 Å². The highest BCUT2D eigenvalue weighted by Gasteiger charge is 2.62. The molecule has 2 saturated heterocycles. The van der Waals surface area contributed by atoms with Crippen molar-refractivity contribution in [2.24, 2.45) is 0 Å². The van der Waals surface area contributed by atoms with E-state index in [9.17, 15) is 14.4 Å². The summed E-state index contributed by atoms with van der Waals surface area (Å²) in [6, 6.07) is 38.0. The smallest absolute Gasteiger partial charge is 0.303 e. The first-order valence-electron chi connectivity index (χ1n) is 20.1. The van der Waals surface area contributed by atoms with Crippen LogP contribution in [0, 0.1) is 11.8 Å². The molecule has 0 amide bonds. The zero-order valence-electron chi connectivity index (χ0n) is 34.9. The van der Waals surface area contributed by atoms with Crippen LogP contribution in [-0.2, 0) is 81.6 Å². The van der Waals surface area contributed by atoms with Crippen molar-refractivity contribution >= 4 is 17.9 Å². The fourth-order valence-corrected chi connectivity index (χ4v) is 7.31. The lowest BCUT2D eigenvalue weighted by atomic mass is 9.83. The molecule has 0 spiro atoms. The molecule has 2 heterocycles. The molecule has 0 aliphatic carbocycles. The van der Waals surface area contributed by atoms with E-state index in [0.717, 1.165) is 16.7 Å². The lowest BCUT2D eigenvalue weighted by Crippen LogP contribution is -2.72. The van der Waals surface area contributed by atoms with E-state index in [-0.39, 0.29) is 26.4 Å². The number of esters is 3. The van der Waals surface area contributed by atoms with Crippen molar-refractivity contribution in [3.63, 3.8) is 0 Å². The van der Waals surface area contributed by atoms with Gasteiger partial charge in [-0.3, -0.25) is 14.4 Å². The predicted octanol–water partition coefficient (Wildman–Crippen LogP) is 6.09. The van der Waals surface area contributed by atoms with Gasteiger partial charge in [0.2, 0.25) is 6.29 Å². The molecule has 0 aromatic heterocycles. The summed E-state index contributed by atoms with van der Waals surface area (Å²) in [5.74, 6) is 4.53. The summed E-state index contributed by atoms with van der Waals surface area (Å²) in [5.41, 5.74) is 1.36. The van der Waals surface area contributed by atoms with Gasteiger partial charge >= 0.3 is 17.9 Å². The molecule has 2 aliphatic heterocycles. The van der Waals surface area contributed by atoms with E-state index >= 15 is 0 Å². The zero-order valence-corrected chi connectivity index (χ0v) is 34.9. The minimum absolute atomic E-state index is 0.0722. The SMILES string of the molecule is CO[C@H]1OC(COCc2ccccc2)[C@](C#Cc2ccccc2)(O[C@@H]2OC(C)[C@H](OC(C)=O)C(OC(C)=O)C2OC(C)=O)C(OCc2ccccc2)C1OCc1ccccc1. The Morgan fingerprint density at radius 1 is 0.590 bits per heavy atom. The molecular weight excluding hydrogens is 785 g/mol. The topological polar surface area (TPSA) is 144 Å². The Bertz CT molecular complexity index is 2060. The number of hydrogen-bond acceptors (Lipinski definition) is 13. The fraction of sp³-hybridized carbons (Fsp3) is 0.396. The number of benzene rings is 4. The van der Waals surface area contributed by atoms with Crippen molar-refractivity contribution in [2.75, 3.05) is 13.7 Å². The monoisotopic (exact) mass is 836 g/mol. The molecule has 2 fully saturated rings. The summed E-state index contributed by atoms with van der Waals surface area (Å²) >= 11 is 0. The van der Waals surface area contributed by atoms with Crippen molar-refractivity contribution in [1.29, 1.82) is 0 Å². The maximum absolute atomic E-state index is 12.9. The molecule has 322 valence electrons. The average molecular weight is 837 g/mol. The molecule has 0 bridgehead atoms. The number of rotatable bonds is 16. The van der Waals surface area contributed by atoms with Crippen LogP contribution < -0.4 is 0 Å². The fourth-order valence-electron chi connectivity index (χ4n) is 7.31. The average Bonchev–Trinajstić information content (AvgIpc) is 3.26. The van der Waals surface area contributed by atoms with Crippen LogP contribution in [0.5, 0.6) is 0 Å². The highest BCUT2D eigenvalue weighted by molar-refractivity contribution is 5.68. The molecule has 6 unspecified atom stereocenters. The van der Waals surface area contributed by atoms with Crippen LogP contribution in [0.3, 0.4) is 0 Å². The van der Waals surface area contributed by atoms with Crippen molar-refractivity contribution in [1.82, 2.24) is 0 Å². The highest BCUT2D eigenvalue weighted by atomic mass is 16.8. The Balaban J connectivity index is 1.53. The molecule has 4 aromatic rings. The molecule has 13 nitrogen and oxygen atoms in total. The second-order valence-electron chi connectivity index (χ2n) is 14.7. The van der Waals surface area contributed by atoms with Gasteiger partial charge in [0, 0.05) is 33.4 Å². The van der Waals surface area contributed by atoms with Crippen LogP contribution in [0.2, 0.25) is 0 Å². The first-order valence-corrected chi connectivity index (χ1v) is 20.1. The molecule has 13 heteroatoms. The quantitative estimate of drug-likeness (QED) is 0.0730. The van der Waals surface area contributed by atoms with Gasteiger partial charge in [-0.1, -0.05) is 121 Å². The van der Waals surface area contributed by atoms with Crippen LogP contribution in [0.25, 0.3) is 0 Å². The van der Waals surface area contributed by atoms with Crippen LogP contribution in [0.15, 0.2) is 121 Å². The van der Waals surface area contributed by atoms with Crippen molar-refractivity contribution in [3.05, 3.63) is 144 Å². The van der Waals surface area contributed by atoms with Crippen molar-refractivity contribution in [3.8, 4) is 11.8 Å². The molecule has 61 heavy (non-hydrogen) atoms. The van der Waals surface area contributed by atoms with Crippen LogP contribution in [-0.4, -0.2) is 92.5 Å². The Morgan fingerprint density at radius 2 is 1.08 bits per heavy atom. The summed E-state index contributed by atoms with van der Waals surface area (Å²) in [4.78, 5) is 37.9. The van der Waals surface area contributed by atoms with Gasteiger partial charge in [0.1, 0.15) is 18.3 Å². The Hall–Kier alpha value is -5.43. The molecule has 6 rings (SSSR count). The number of carbonyl (C=O) groups excluding carboxylic acids is 3. The summed E-state index contributed by atoms with van der Waals surface area (Å²) in [6.07, 6.45) is -10.8. The molecule has 2 aliphatic rings. The molecule has 0 N–H and O–H groups in total. The number of carbonyl (C=O) groups is 3. The van der Waals surface area contributed by atoms with Gasteiger partial charge in [0.05, 0.1) is 32.5 Å². The first-order chi connectivity index (χ1) is 29.6. The van der Waals surface area contributed by atoms with Crippen molar-refractivity contribution in [2.45, 2.75) is 108 Å². The maximum atomic E-state index is 12.9. The first kappa shape index (κ1) is 45.1. The molecule has 4 aromatic carbocycles. The number of hydrogen-bond donors (Lipinski definition) is 0. The predicted molar refractivity (Wildman–Crippen MR) is 220 cm³/mol. The maximum Gasteiger partial charge on any atom is 0.303 e. The van der Waals surface area contributed by atoms with Crippen LogP contribution in [0.4, 0.5) is 0 Å². The van der Waals surface area contributed by atoms with E-state index in [1.54, 1.807) is 6.92 Å². The molecule has 0 radical (unpaired) electrons. The standard InChI is InChI=1S/C48H52O13/c1-32-41(57-33(2)49)42(58-34(3)50)43(59-35(4)51)47(56-32)61-48(27-26-36-18-10-6-11-19-36)40(31-53-28-37-20-12-7-13-21-37)60-46(52-5)44(54-29-38-22-14-8-15-23-38)45(48)55-30-39-24-16-9-17-25-39/h6-25,32,40-47H,28-31H2,1-5H3/t32?,40?,41-,42?,43?,44?,45?,46-,47-,48-/m0/s1. The number of ether oxygens (including phenoxy) is 10. The third-order valence-corrected chi connectivity index (χ3v) is 10.1. The minimum atomic E-state index is -1.89. The number of methoxy groups -OCH3 is 1. The van der Waals surface area contributed by atoms with Crippen LogP contribution in [0.1, 0.15) is 49.9 Å². The van der Waals surface area contributed by atoms with E-state index in [2.05, 4.69) is 11.8 Å². The summed E-state index contributed by atoms with van der Waals surface area (Å²) in [6.45, 7) is 5.52. The molecule has 10 atom stereocenters. The normalized spacial score (nSPS) is 27.2. The van der Waals surface area contributed by atoms with Gasteiger partial charge in [0.15, 0.2) is 30.2 Å². The zero-order chi connectivity index (χ0) is 43.2. The minimum Gasteiger partial charge on any atom is -0.456 e. The van der Waals surface area contributed by atoms with E-state index in [0.29, 0.717) is 5.56 Å². The third kappa shape index (κ3) is 12.1. The summed E-state index contributed by atoms with van der Waals surface area (Å²) < 4.78 is 63.9. The van der Waals surface area contributed by atoms with E-state index in [1.165, 1.54) is 27.9 Å². The summed E-state index contributed by atoms with van der Waals surface area (Å²) in [7, 11) is 1.50. The second kappa shape index (κ2) is 21.9. The Kier molecular flexibility index (Phi) is 16.2. The van der Waals surface area contributed by atoms with Crippen LogP contribution >= 0.6 is 0 Å². The molecular formula is C48H52O13. The van der Waals surface area contributed by atoms with Gasteiger partial charge in [0.25, 0.3) is 0 Å². The van der Waals surface area contributed by atoms with E-state index < -0.39 is 78.8 Å². The van der Waals surface area contributed by atoms with Gasteiger partial charge in [-0.15, -0.1) is 0 Å².